The molecule has 0 aromatic carbocycles. The third-order valence-electron chi connectivity index (χ3n) is 0. The first kappa shape index (κ1) is 26.1. The van der Waals surface area contributed by atoms with Crippen LogP contribution in [0, 0.1) is 35.6 Å². The Morgan fingerprint density at radius 3 is 1.00 bits per heavy atom. The van der Waals surface area contributed by atoms with Crippen molar-refractivity contribution in [1.29, 1.82) is 0 Å². The monoisotopic (exact) mass is 291 g/mol. The maximum atomic E-state index is 0. The molecule has 0 heterocycles. The summed E-state index contributed by atoms with van der Waals surface area (Å²) in [5, 5.41) is 0. The molecule has 21 valence electrons. The van der Waals surface area contributed by atoms with E-state index in [-0.39, 0.29) is 109 Å². The topological polar surface area (TPSA) is 0 Å². The van der Waals surface area contributed by atoms with Gasteiger partial charge in [0.1, 0.15) is 0 Å². The molecule has 0 bridgehead atoms. The average molecular weight is 291 g/mol. The summed E-state index contributed by atoms with van der Waals surface area (Å²) in [5.74, 6) is 0. The molecule has 1 radical (unpaired) electrons. The van der Waals surface area contributed by atoms with Crippen molar-refractivity contribution < 1.29 is 35.6 Å². The molecule has 0 atom stereocenters. The van der Waals surface area contributed by atoms with Crippen LogP contribution in [0.25, 0.3) is 0 Å². The fourth-order valence-electron chi connectivity index (χ4n) is 0. The predicted molar refractivity (Wildman–Crippen MR) is 29.8 cm³/mol. The second kappa shape index (κ2) is 16.1. The molecule has 0 aliphatic carbocycles. The van der Waals surface area contributed by atoms with Crippen molar-refractivity contribution in [3.63, 3.8) is 0 Å². The fraction of sp³-hybridized carbons (Fsp3) is 0. The Bertz CT molecular complexity index is 8.00. The van der Waals surface area contributed by atoms with E-state index in [1.165, 1.54) is 0 Å². The number of hydrogen-bond acceptors (Lipinski definition) is 0. The Kier molecular flexibility index (Phi) is 105. The molecule has 0 spiro atoms. The Morgan fingerprint density at radius 1 is 1.00 bits per heavy atom. The summed E-state index contributed by atoms with van der Waals surface area (Å²) in [6.07, 6.45) is 0. The molecule has 0 rings (SSSR count). The van der Waals surface area contributed by atoms with Gasteiger partial charge in [-0.3, -0.25) is 0 Å². The minimum absolute atomic E-state index is 0. The predicted octanol–water partition coefficient (Wildman–Crippen LogP) is -3.55. The van der Waals surface area contributed by atoms with Crippen LogP contribution in [0.3, 0.4) is 0 Å². The second-order valence-electron chi connectivity index (χ2n) is 0. The third-order valence-corrected chi connectivity index (χ3v) is 0. The van der Waals surface area contributed by atoms with Gasteiger partial charge in [0.15, 0.2) is 17.4 Å². The van der Waals surface area contributed by atoms with E-state index in [0.29, 0.717) is 0 Å². The zero-order valence-electron chi connectivity index (χ0n) is 0.577. The van der Waals surface area contributed by atoms with Gasteiger partial charge in [0.2, 0.25) is 0 Å². The van der Waals surface area contributed by atoms with Crippen LogP contribution in [-0.4, -0.2) is 73.8 Å². The molecular weight excluding hydrogens is 282 g/mol. The van der Waals surface area contributed by atoms with E-state index in [9.17, 15) is 0 Å². The zero-order valence-corrected chi connectivity index (χ0v) is 4.20. The molecule has 0 aromatic rings. The summed E-state index contributed by atoms with van der Waals surface area (Å²) in [5.41, 5.74) is 0. The molecule has 0 fully saturated rings. The van der Waals surface area contributed by atoms with Gasteiger partial charge in [0, 0.05) is 35.6 Å². The first-order valence-corrected chi connectivity index (χ1v) is 0. The van der Waals surface area contributed by atoms with E-state index in [4.69, 9.17) is 0 Å². The van der Waals surface area contributed by atoms with Crippen molar-refractivity contribution in [1.82, 2.24) is 0 Å². The zero-order chi connectivity index (χ0) is 0. The molecule has 0 saturated heterocycles. The molecule has 0 aliphatic heterocycles. The number of rotatable bonds is 0. The number of hydrogen-bond donors (Lipinski definition) is 0. The van der Waals surface area contributed by atoms with Gasteiger partial charge in [-0.15, -0.1) is 0 Å². The molecule has 0 nitrogen and oxygen atoms in total. The Balaban J connectivity index is 0. The summed E-state index contributed by atoms with van der Waals surface area (Å²) in [6, 6.07) is 0. The molecule has 4 heteroatoms. The summed E-state index contributed by atoms with van der Waals surface area (Å²) in [4.78, 5) is 0. The van der Waals surface area contributed by atoms with Crippen LogP contribution in [0.5, 0.6) is 0 Å². The van der Waals surface area contributed by atoms with Gasteiger partial charge in [-0.1, -0.05) is 0 Å². The van der Waals surface area contributed by atoms with E-state index in [0.717, 1.165) is 0 Å². The van der Waals surface area contributed by atoms with Crippen LogP contribution in [-0.2, 0) is 0 Å². The molecule has 0 amide bonds. The standard InChI is InChI=1S/Al.La.H4Si.Sr.5H/h;;1H4;;;;;;. The van der Waals surface area contributed by atoms with Crippen LogP contribution in [0.4, 0.5) is 0 Å². The van der Waals surface area contributed by atoms with Gasteiger partial charge in [0.05, 0.1) is 0 Å². The Morgan fingerprint density at radius 2 is 1.00 bits per heavy atom. The van der Waals surface area contributed by atoms with Gasteiger partial charge < -0.3 is 0 Å². The van der Waals surface area contributed by atoms with Crippen molar-refractivity contribution in [2.45, 2.75) is 0 Å². The molecule has 0 saturated carbocycles. The Hall–Kier alpha value is 3.42. The van der Waals surface area contributed by atoms with Gasteiger partial charge in [-0.05, 0) is 11.0 Å². The van der Waals surface area contributed by atoms with E-state index < -0.39 is 0 Å². The van der Waals surface area contributed by atoms with E-state index in [1.807, 2.05) is 0 Å². The molecule has 0 aliphatic rings. The van der Waals surface area contributed by atoms with E-state index in [1.54, 1.807) is 0 Å². The van der Waals surface area contributed by atoms with Crippen LogP contribution in [0.15, 0.2) is 0 Å². The molecule has 0 aromatic heterocycles. The summed E-state index contributed by atoms with van der Waals surface area (Å²) in [6.45, 7) is 0. The van der Waals surface area contributed by atoms with Gasteiger partial charge in [0.25, 0.3) is 0 Å². The van der Waals surface area contributed by atoms with Crippen LogP contribution < -0.4 is 0 Å². The summed E-state index contributed by atoms with van der Waals surface area (Å²) < 4.78 is 0. The van der Waals surface area contributed by atoms with Gasteiger partial charge in [-0.25, -0.2) is 0 Å². The first-order valence-electron chi connectivity index (χ1n) is 0. The van der Waals surface area contributed by atoms with Crippen molar-refractivity contribution in [3.8, 4) is 0 Å². The normalized spacial score (nSPS) is 0. The van der Waals surface area contributed by atoms with Gasteiger partial charge >= 0.3 is 45.5 Å². The summed E-state index contributed by atoms with van der Waals surface area (Å²) >= 11 is 0. The molecule has 4 heavy (non-hydrogen) atoms. The molecule has 0 N–H and O–H groups in total. The van der Waals surface area contributed by atoms with Crippen molar-refractivity contribution in [2.75, 3.05) is 0 Å². The molecule has 0 unspecified atom stereocenters. The van der Waals surface area contributed by atoms with Crippen molar-refractivity contribution in [3.05, 3.63) is 0 Å². The van der Waals surface area contributed by atoms with Gasteiger partial charge in [-0.2, -0.15) is 0 Å². The SMILES string of the molecule is [AlH3].[La].[SiH4].[SrH2]. The third kappa shape index (κ3) is 9.06. The minimum atomic E-state index is 0. The van der Waals surface area contributed by atoms with E-state index >= 15 is 0 Å². The maximum absolute atomic E-state index is 0. The van der Waals surface area contributed by atoms with Crippen molar-refractivity contribution in [2.24, 2.45) is 0 Å². The second-order valence-corrected chi connectivity index (χ2v) is 0. The van der Waals surface area contributed by atoms with Crippen LogP contribution in [0.1, 0.15) is 0 Å². The van der Waals surface area contributed by atoms with E-state index in [2.05, 4.69) is 0 Å². The van der Waals surface area contributed by atoms with Crippen LogP contribution >= 0.6 is 0 Å². The van der Waals surface area contributed by atoms with Crippen molar-refractivity contribution >= 4 is 73.8 Å². The fourth-order valence-corrected chi connectivity index (χ4v) is 0. The Labute approximate surface area is 107 Å². The first-order chi connectivity index (χ1) is 0. The molecular formula is H9AlLaSiSr. The average Bonchev–Trinajstić information content (AvgIpc) is 0. The summed E-state index contributed by atoms with van der Waals surface area (Å²) in [7, 11) is 0. The van der Waals surface area contributed by atoms with Crippen LogP contribution in [0.2, 0.25) is 0 Å². The quantitative estimate of drug-likeness (QED) is 0.405.